The van der Waals surface area contributed by atoms with E-state index in [1.807, 2.05) is 12.1 Å². The normalized spacial score (nSPS) is 21.6. The van der Waals surface area contributed by atoms with Gasteiger partial charge in [-0.15, -0.1) is 4.89 Å². The number of nitrogens with zero attached hydrogens (tertiary/aromatic N) is 2. The molecule has 0 saturated carbocycles. The largest absolute Gasteiger partial charge is 0.747 e. The Morgan fingerprint density at radius 1 is 1.16 bits per heavy atom. The van der Waals surface area contributed by atoms with Crippen molar-refractivity contribution >= 4 is 54.6 Å². The molecule has 3 unspecified atom stereocenters. The number of hydrogen-bond donors (Lipinski definition) is 1. The van der Waals surface area contributed by atoms with Gasteiger partial charge in [-0.2, -0.15) is 0 Å². The van der Waals surface area contributed by atoms with Crippen LogP contribution in [0.15, 0.2) is 60.9 Å². The third-order valence-electron chi connectivity index (χ3n) is 5.13. The number of pyridine rings is 2. The Morgan fingerprint density at radius 3 is 2.84 bits per heavy atom. The van der Waals surface area contributed by atoms with Crippen LogP contribution in [-0.2, 0) is 18.2 Å². The minimum Gasteiger partial charge on any atom is -0.305 e. The SMILES string of the molecule is O=[P+](O)Oc1ccnc2c1ccc1cc(P3(=O)OCCC(c4cccc(Cl)c4)O3)cnc12. The molecule has 0 spiro atoms. The first kappa shape index (κ1) is 21.4. The van der Waals surface area contributed by atoms with Crippen molar-refractivity contribution in [3.8, 4) is 5.75 Å². The minimum absolute atomic E-state index is 0.225. The highest BCUT2D eigenvalue weighted by Gasteiger charge is 2.37. The van der Waals surface area contributed by atoms with Crippen LogP contribution in [0.4, 0.5) is 0 Å². The maximum Gasteiger partial charge on any atom is 0.747 e. The van der Waals surface area contributed by atoms with Crippen LogP contribution in [0.5, 0.6) is 5.75 Å². The Kier molecular flexibility index (Phi) is 5.68. The fourth-order valence-corrected chi connectivity index (χ4v) is 5.95. The summed E-state index contributed by atoms with van der Waals surface area (Å²) in [4.78, 5) is 17.9. The zero-order valence-electron chi connectivity index (χ0n) is 16.4. The molecule has 2 aromatic carbocycles. The highest BCUT2D eigenvalue weighted by molar-refractivity contribution is 7.62. The van der Waals surface area contributed by atoms with Crippen LogP contribution in [0, 0.1) is 0 Å². The van der Waals surface area contributed by atoms with Gasteiger partial charge in [-0.3, -0.25) is 19.1 Å². The van der Waals surface area contributed by atoms with Crippen LogP contribution < -0.4 is 9.83 Å². The minimum atomic E-state index is -3.62. The predicted octanol–water partition coefficient (Wildman–Crippen LogP) is 5.46. The van der Waals surface area contributed by atoms with Crippen LogP contribution in [-0.4, -0.2) is 21.5 Å². The lowest BCUT2D eigenvalue weighted by molar-refractivity contribution is 0.0875. The van der Waals surface area contributed by atoms with Crippen LogP contribution in [0.2, 0.25) is 5.02 Å². The summed E-state index contributed by atoms with van der Waals surface area (Å²) in [6.45, 7) is 0.270. The lowest BCUT2D eigenvalue weighted by Gasteiger charge is -2.30. The molecule has 8 nitrogen and oxygen atoms in total. The van der Waals surface area contributed by atoms with Crippen LogP contribution in [0.1, 0.15) is 18.1 Å². The van der Waals surface area contributed by atoms with Crippen LogP contribution in [0.3, 0.4) is 0 Å². The van der Waals surface area contributed by atoms with Crippen molar-refractivity contribution < 1.29 is 27.6 Å². The van der Waals surface area contributed by atoms with Gasteiger partial charge >= 0.3 is 15.9 Å². The molecule has 3 atom stereocenters. The molecule has 2 aromatic heterocycles. The lowest BCUT2D eigenvalue weighted by atomic mass is 10.1. The second-order valence-corrected chi connectivity index (χ2v) is 10.2. The van der Waals surface area contributed by atoms with E-state index in [0.29, 0.717) is 38.6 Å². The monoisotopic (exact) mass is 489 g/mol. The summed E-state index contributed by atoms with van der Waals surface area (Å²) >= 11 is 6.09. The van der Waals surface area contributed by atoms with Gasteiger partial charge in [0.05, 0.1) is 28.9 Å². The summed E-state index contributed by atoms with van der Waals surface area (Å²) in [5, 5.41) is 2.12. The maximum atomic E-state index is 13.6. The zero-order chi connectivity index (χ0) is 22.3. The van der Waals surface area contributed by atoms with Crippen molar-refractivity contribution in [2.45, 2.75) is 12.5 Å². The number of rotatable bonds is 4. The lowest BCUT2D eigenvalue weighted by Crippen LogP contribution is -2.20. The molecule has 3 heterocycles. The molecule has 5 rings (SSSR count). The molecule has 162 valence electrons. The summed E-state index contributed by atoms with van der Waals surface area (Å²) in [7, 11) is -6.43. The van der Waals surface area contributed by atoms with E-state index >= 15 is 0 Å². The average molecular weight is 490 g/mol. The van der Waals surface area contributed by atoms with Gasteiger partial charge in [0.2, 0.25) is 5.75 Å². The number of hydrogen-bond acceptors (Lipinski definition) is 7. The standard InChI is InChI=1S/C21H15ClN2O6P2/c22-15-3-1-2-13(10-15)18-7-9-28-32(27,30-18)16-11-14-4-5-17-19(29-31(25)26)6-8-23-21(17)20(14)24-12-16/h1-6,8,10-12,18H,7,9H2/p+1. The third-order valence-corrected chi connectivity index (χ3v) is 7.65. The van der Waals surface area contributed by atoms with Gasteiger partial charge in [0, 0.05) is 39.9 Å². The maximum absolute atomic E-state index is 13.6. The Hall–Kier alpha value is -2.44. The zero-order valence-corrected chi connectivity index (χ0v) is 19.0. The quantitative estimate of drug-likeness (QED) is 0.297. The summed E-state index contributed by atoms with van der Waals surface area (Å²) in [5.41, 5.74) is 1.85. The molecule has 0 bridgehead atoms. The molecule has 1 aliphatic heterocycles. The number of fused-ring (bicyclic) bond motifs is 3. The first-order valence-corrected chi connectivity index (χ1v) is 12.7. The Bertz CT molecular complexity index is 1420. The van der Waals surface area contributed by atoms with Crippen molar-refractivity contribution in [1.29, 1.82) is 0 Å². The van der Waals surface area contributed by atoms with E-state index in [1.165, 1.54) is 18.5 Å². The van der Waals surface area contributed by atoms with Crippen LogP contribution in [0.25, 0.3) is 21.8 Å². The molecule has 0 aliphatic carbocycles. The predicted molar refractivity (Wildman–Crippen MR) is 121 cm³/mol. The highest BCUT2D eigenvalue weighted by Crippen LogP contribution is 2.55. The van der Waals surface area contributed by atoms with Crippen molar-refractivity contribution in [3.63, 3.8) is 0 Å². The molecule has 1 fully saturated rings. The van der Waals surface area contributed by atoms with Gasteiger partial charge in [0.25, 0.3) is 0 Å². The second kappa shape index (κ2) is 8.49. The molecule has 0 radical (unpaired) electrons. The molecule has 4 aromatic rings. The summed E-state index contributed by atoms with van der Waals surface area (Å²) < 4.78 is 41.2. The summed E-state index contributed by atoms with van der Waals surface area (Å²) in [6.07, 6.45) is 3.05. The average Bonchev–Trinajstić information content (AvgIpc) is 2.78. The van der Waals surface area contributed by atoms with E-state index in [4.69, 9.17) is 30.1 Å². The Balaban J connectivity index is 1.53. The van der Waals surface area contributed by atoms with Gasteiger partial charge in [0.1, 0.15) is 5.52 Å². The highest BCUT2D eigenvalue weighted by atomic mass is 35.5. The first-order valence-electron chi connectivity index (χ1n) is 9.63. The fraction of sp³-hybridized carbons (Fsp3) is 0.143. The number of benzene rings is 2. The molecule has 1 aliphatic rings. The fourth-order valence-electron chi connectivity index (χ4n) is 3.69. The Morgan fingerprint density at radius 2 is 2.03 bits per heavy atom. The molecular weight excluding hydrogens is 474 g/mol. The van der Waals surface area contributed by atoms with E-state index in [9.17, 15) is 9.13 Å². The summed E-state index contributed by atoms with van der Waals surface area (Å²) in [6, 6.07) is 13.9. The van der Waals surface area contributed by atoms with E-state index < -0.39 is 22.0 Å². The molecule has 32 heavy (non-hydrogen) atoms. The summed E-state index contributed by atoms with van der Waals surface area (Å²) in [5.74, 6) is 0.225. The van der Waals surface area contributed by atoms with Gasteiger partial charge in [-0.25, -0.2) is 4.52 Å². The van der Waals surface area contributed by atoms with Gasteiger partial charge in [-0.1, -0.05) is 29.8 Å². The molecule has 1 saturated heterocycles. The molecule has 1 N–H and O–H groups in total. The molecule has 11 heteroatoms. The van der Waals surface area contributed by atoms with Crippen molar-refractivity contribution in [3.05, 3.63) is 71.5 Å². The van der Waals surface area contributed by atoms with Gasteiger partial charge in [-0.05, 0) is 29.8 Å². The number of halogens is 1. The number of aromatic nitrogens is 2. The van der Waals surface area contributed by atoms with E-state index in [0.717, 1.165) is 5.56 Å². The van der Waals surface area contributed by atoms with E-state index in [-0.39, 0.29) is 12.4 Å². The molecular formula is C21H16ClN2O6P2+. The third kappa shape index (κ3) is 4.02. The Labute approximate surface area is 188 Å². The smallest absolute Gasteiger partial charge is 0.305 e. The van der Waals surface area contributed by atoms with Crippen molar-refractivity contribution in [2.24, 2.45) is 0 Å². The van der Waals surface area contributed by atoms with Crippen LogP contribution >= 0.6 is 27.5 Å². The molecule has 0 amide bonds. The first-order chi connectivity index (χ1) is 15.4. The van der Waals surface area contributed by atoms with Gasteiger partial charge in [0.15, 0.2) is 0 Å². The van der Waals surface area contributed by atoms with Gasteiger partial charge < -0.3 is 4.52 Å². The second-order valence-electron chi connectivity index (χ2n) is 7.13. The van der Waals surface area contributed by atoms with Crippen molar-refractivity contribution in [2.75, 3.05) is 6.61 Å². The van der Waals surface area contributed by atoms with E-state index in [1.54, 1.807) is 30.3 Å². The topological polar surface area (TPSA) is 108 Å². The van der Waals surface area contributed by atoms with E-state index in [2.05, 4.69) is 9.97 Å². The van der Waals surface area contributed by atoms with Crippen molar-refractivity contribution in [1.82, 2.24) is 9.97 Å².